The molecule has 1 fully saturated rings. The first-order chi connectivity index (χ1) is 32.1. The molecule has 2 aliphatic rings. The lowest BCUT2D eigenvalue weighted by atomic mass is 9.99. The molecule has 1 aromatic heterocycles. The van der Waals surface area contributed by atoms with Crippen molar-refractivity contribution in [3.05, 3.63) is 105 Å². The predicted octanol–water partition coefficient (Wildman–Crippen LogP) is 4.56. The van der Waals surface area contributed by atoms with Gasteiger partial charge in [-0.25, -0.2) is 8.42 Å². The molecule has 19 nitrogen and oxygen atoms in total. The summed E-state index contributed by atoms with van der Waals surface area (Å²) in [5, 5.41) is 2.62. The number of amides is 5. The Labute approximate surface area is 388 Å². The van der Waals surface area contributed by atoms with E-state index >= 15 is 0 Å². The maximum atomic E-state index is 13.5. The maximum Gasteiger partial charge on any atom is 0.266 e. The SMILES string of the molecule is CCOc1cc2oc(-c3ccc(OCCOCCOCCOCCOc4cccc5c4C(=O)N(C4CCC(=O)NC4=O)C5=O)cc3Cl)cc(=O)c2cc1-c1cc(NS(C)(=O)=O)cc(C(N)=O)c1. The van der Waals surface area contributed by atoms with E-state index in [-0.39, 0.29) is 109 Å². The summed E-state index contributed by atoms with van der Waals surface area (Å²) in [4.78, 5) is 76.7. The van der Waals surface area contributed by atoms with Crippen molar-refractivity contribution >= 4 is 67.8 Å². The van der Waals surface area contributed by atoms with Crippen LogP contribution in [0, 0.1) is 0 Å². The average molecular weight is 961 g/mol. The molecule has 4 N–H and O–H groups in total. The summed E-state index contributed by atoms with van der Waals surface area (Å²) in [5.41, 5.74) is 6.86. The zero-order chi connectivity index (χ0) is 47.8. The highest BCUT2D eigenvalue weighted by Crippen LogP contribution is 2.38. The van der Waals surface area contributed by atoms with Crippen molar-refractivity contribution in [2.45, 2.75) is 25.8 Å². The van der Waals surface area contributed by atoms with Crippen LogP contribution in [0.5, 0.6) is 17.2 Å². The lowest BCUT2D eigenvalue weighted by molar-refractivity contribution is -0.136. The van der Waals surface area contributed by atoms with Gasteiger partial charge in [-0.2, -0.15) is 0 Å². The number of hydrogen-bond donors (Lipinski definition) is 3. The largest absolute Gasteiger partial charge is 0.493 e. The minimum absolute atomic E-state index is 0.0234. The second kappa shape index (κ2) is 21.2. The fourth-order valence-electron chi connectivity index (χ4n) is 7.38. The quantitative estimate of drug-likeness (QED) is 0.0635. The smallest absolute Gasteiger partial charge is 0.266 e. The monoisotopic (exact) mass is 960 g/mol. The van der Waals surface area contributed by atoms with Crippen LogP contribution < -0.4 is 35.4 Å². The first-order valence-electron chi connectivity index (χ1n) is 20.9. The standard InChI is InChI=1S/C46H45ClN4O15S/c1-3-63-38-25-40-33(23-32(38)26-19-27(43(48)54)21-28(20-26)50-67(2,58)59)36(52)24-39(66-40)30-8-7-29(22-34(30)47)64-17-15-61-13-11-60-12-14-62-16-18-65-37-6-4-5-31-42(37)46(57)51(45(31)56)35-9-10-41(53)49-44(35)55/h4-8,19-25,35,50H,3,9-18H2,1-2H3,(H2,48,54)(H,49,53,55). The van der Waals surface area contributed by atoms with Gasteiger partial charge in [-0.05, 0) is 73.5 Å². The second-order valence-electron chi connectivity index (χ2n) is 15.1. The minimum Gasteiger partial charge on any atom is -0.493 e. The summed E-state index contributed by atoms with van der Waals surface area (Å²) in [6, 6.07) is 17.1. The third-order valence-electron chi connectivity index (χ3n) is 10.3. The number of carbonyl (C=O) groups is 5. The molecule has 0 spiro atoms. The highest BCUT2D eigenvalue weighted by Gasteiger charge is 2.46. The van der Waals surface area contributed by atoms with E-state index in [0.29, 0.717) is 41.4 Å². The van der Waals surface area contributed by atoms with Crippen LogP contribution in [0.3, 0.4) is 0 Å². The van der Waals surface area contributed by atoms with Gasteiger partial charge < -0.3 is 38.6 Å². The number of nitrogens with one attached hydrogen (secondary N) is 2. The molecule has 0 radical (unpaired) electrons. The Balaban J connectivity index is 0.837. The number of imide groups is 2. The first kappa shape index (κ1) is 48.1. The first-order valence-corrected chi connectivity index (χ1v) is 23.2. The summed E-state index contributed by atoms with van der Waals surface area (Å²) < 4.78 is 66.6. The topological polar surface area (TPSA) is 258 Å². The summed E-state index contributed by atoms with van der Waals surface area (Å²) in [5.74, 6) is -2.06. The van der Waals surface area contributed by atoms with Crippen LogP contribution in [0.15, 0.2) is 82.0 Å². The van der Waals surface area contributed by atoms with Crippen molar-refractivity contribution in [1.29, 1.82) is 0 Å². The number of nitrogens with zero attached hydrogens (tertiary/aromatic N) is 1. The van der Waals surface area contributed by atoms with E-state index in [1.807, 2.05) is 0 Å². The molecule has 1 unspecified atom stereocenters. The summed E-state index contributed by atoms with van der Waals surface area (Å²) >= 11 is 6.64. The number of benzene rings is 4. The molecule has 21 heteroatoms. The number of ether oxygens (including phenoxy) is 6. The van der Waals surface area contributed by atoms with E-state index in [1.165, 1.54) is 30.3 Å². The van der Waals surface area contributed by atoms with Gasteiger partial charge in [-0.15, -0.1) is 0 Å². The van der Waals surface area contributed by atoms with Gasteiger partial charge in [0.1, 0.15) is 47.8 Å². The van der Waals surface area contributed by atoms with Gasteiger partial charge >= 0.3 is 0 Å². The Bertz CT molecular complexity index is 2920. The van der Waals surface area contributed by atoms with Crippen molar-refractivity contribution < 1.29 is 65.2 Å². The third-order valence-corrected chi connectivity index (χ3v) is 11.2. The Morgan fingerprint density at radius 2 is 1.51 bits per heavy atom. The molecule has 4 aromatic carbocycles. The fourth-order valence-corrected chi connectivity index (χ4v) is 8.18. The number of primary amides is 1. The number of sulfonamides is 1. The molecule has 0 bridgehead atoms. The zero-order valence-electron chi connectivity index (χ0n) is 36.2. The Morgan fingerprint density at radius 3 is 2.16 bits per heavy atom. The summed E-state index contributed by atoms with van der Waals surface area (Å²) in [6.45, 7) is 3.87. The highest BCUT2D eigenvalue weighted by atomic mass is 35.5. The van der Waals surface area contributed by atoms with E-state index < -0.39 is 51.0 Å². The molecule has 2 aliphatic heterocycles. The highest BCUT2D eigenvalue weighted by molar-refractivity contribution is 7.92. The van der Waals surface area contributed by atoms with Crippen LogP contribution in [-0.2, 0) is 33.8 Å². The molecule has 7 rings (SSSR count). The summed E-state index contributed by atoms with van der Waals surface area (Å²) in [7, 11) is -3.70. The third kappa shape index (κ3) is 11.6. The molecule has 1 atom stereocenters. The van der Waals surface area contributed by atoms with Gasteiger partial charge in [-0.1, -0.05) is 17.7 Å². The lowest BCUT2D eigenvalue weighted by Gasteiger charge is -2.27. The molecule has 1 saturated heterocycles. The second-order valence-corrected chi connectivity index (χ2v) is 17.2. The predicted molar refractivity (Wildman–Crippen MR) is 243 cm³/mol. The number of anilines is 1. The average Bonchev–Trinajstić information content (AvgIpc) is 3.53. The molecule has 5 aromatic rings. The van der Waals surface area contributed by atoms with Gasteiger partial charge in [0.2, 0.25) is 27.7 Å². The van der Waals surface area contributed by atoms with E-state index in [1.54, 1.807) is 49.4 Å². The Kier molecular flexibility index (Phi) is 15.2. The molecule has 0 saturated carbocycles. The molecular formula is C46H45ClN4O15S. The van der Waals surface area contributed by atoms with Crippen LogP contribution in [0.25, 0.3) is 33.4 Å². The van der Waals surface area contributed by atoms with Crippen molar-refractivity contribution in [2.24, 2.45) is 5.73 Å². The van der Waals surface area contributed by atoms with Gasteiger partial charge in [-0.3, -0.25) is 43.7 Å². The number of carbonyl (C=O) groups excluding carboxylic acids is 5. The number of fused-ring (bicyclic) bond motifs is 2. The molecule has 5 amide bonds. The van der Waals surface area contributed by atoms with Crippen molar-refractivity contribution in [3.63, 3.8) is 0 Å². The number of nitrogens with two attached hydrogens (primary N) is 1. The van der Waals surface area contributed by atoms with Crippen LogP contribution >= 0.6 is 11.6 Å². The number of piperidine rings is 1. The molecule has 67 heavy (non-hydrogen) atoms. The minimum atomic E-state index is -3.70. The van der Waals surface area contributed by atoms with E-state index in [4.69, 9.17) is 50.2 Å². The normalized spacial score (nSPS) is 14.9. The maximum absolute atomic E-state index is 13.5. The number of rotatable bonds is 22. The molecular weight excluding hydrogens is 916 g/mol. The van der Waals surface area contributed by atoms with Gasteiger partial charge in [0.15, 0.2) is 5.43 Å². The van der Waals surface area contributed by atoms with Gasteiger partial charge in [0, 0.05) is 40.9 Å². The zero-order valence-corrected chi connectivity index (χ0v) is 37.8. The van der Waals surface area contributed by atoms with Crippen molar-refractivity contribution in [2.75, 3.05) is 70.4 Å². The lowest BCUT2D eigenvalue weighted by Crippen LogP contribution is -2.54. The summed E-state index contributed by atoms with van der Waals surface area (Å²) in [6.07, 6.45) is 1.05. The Hall–Kier alpha value is -6.84. The van der Waals surface area contributed by atoms with Gasteiger partial charge in [0.25, 0.3) is 11.8 Å². The molecule has 3 heterocycles. The van der Waals surface area contributed by atoms with E-state index in [9.17, 15) is 37.2 Å². The number of hydrogen-bond acceptors (Lipinski definition) is 15. The van der Waals surface area contributed by atoms with Crippen molar-refractivity contribution in [3.8, 4) is 39.7 Å². The van der Waals surface area contributed by atoms with E-state index in [0.717, 1.165) is 11.2 Å². The van der Waals surface area contributed by atoms with E-state index in [2.05, 4.69) is 10.0 Å². The van der Waals surface area contributed by atoms with Crippen LogP contribution in [0.4, 0.5) is 5.69 Å². The fraction of sp³-hybridized carbons (Fsp3) is 0.304. The van der Waals surface area contributed by atoms with Crippen LogP contribution in [-0.4, -0.2) is 115 Å². The Morgan fingerprint density at radius 1 is 0.806 bits per heavy atom. The van der Waals surface area contributed by atoms with Gasteiger partial charge in [0.05, 0.1) is 74.0 Å². The number of halogens is 1. The van der Waals surface area contributed by atoms with Crippen LogP contribution in [0.1, 0.15) is 50.8 Å². The molecule has 0 aliphatic carbocycles. The van der Waals surface area contributed by atoms with Crippen molar-refractivity contribution in [1.82, 2.24) is 10.2 Å². The van der Waals surface area contributed by atoms with Crippen LogP contribution in [0.2, 0.25) is 5.02 Å². The molecule has 352 valence electrons.